The number of amides is 1. The third-order valence-corrected chi connectivity index (χ3v) is 3.23. The summed E-state index contributed by atoms with van der Waals surface area (Å²) in [6, 6.07) is 5.37. The van der Waals surface area contributed by atoms with Crippen LogP contribution in [-0.4, -0.2) is 54.0 Å². The molecule has 18 heavy (non-hydrogen) atoms. The maximum Gasteiger partial charge on any atom is 0.256 e. The van der Waals surface area contributed by atoms with Crippen molar-refractivity contribution in [2.45, 2.75) is 6.10 Å². The average molecular weight is 252 g/mol. The molecule has 0 saturated carbocycles. The van der Waals surface area contributed by atoms with E-state index in [1.54, 1.807) is 4.90 Å². The van der Waals surface area contributed by atoms with Crippen LogP contribution in [0.3, 0.4) is 0 Å². The van der Waals surface area contributed by atoms with E-state index >= 15 is 0 Å². The first kappa shape index (κ1) is 13.0. The van der Waals surface area contributed by atoms with Crippen molar-refractivity contribution in [3.63, 3.8) is 0 Å². The SMILES string of the molecule is CN1CCN(C(=O)C(O)c2ccc(F)cc2)CC1. The summed E-state index contributed by atoms with van der Waals surface area (Å²) in [5.41, 5.74) is 0.431. The van der Waals surface area contributed by atoms with E-state index in [1.807, 2.05) is 7.05 Å². The first-order chi connectivity index (χ1) is 8.58. The minimum Gasteiger partial charge on any atom is -0.378 e. The molecule has 4 nitrogen and oxygen atoms in total. The summed E-state index contributed by atoms with van der Waals surface area (Å²) in [6.07, 6.45) is -1.20. The second-order valence-corrected chi connectivity index (χ2v) is 4.58. The van der Waals surface area contributed by atoms with Gasteiger partial charge in [0.25, 0.3) is 5.91 Å². The van der Waals surface area contributed by atoms with Gasteiger partial charge in [0.2, 0.25) is 0 Å². The number of aliphatic hydroxyl groups is 1. The van der Waals surface area contributed by atoms with Gasteiger partial charge in [-0.1, -0.05) is 12.1 Å². The maximum atomic E-state index is 12.8. The lowest BCUT2D eigenvalue weighted by atomic mass is 10.1. The quantitative estimate of drug-likeness (QED) is 0.839. The Hall–Kier alpha value is -1.46. The van der Waals surface area contributed by atoms with Gasteiger partial charge in [0.15, 0.2) is 6.10 Å². The molecule has 0 spiro atoms. The zero-order chi connectivity index (χ0) is 13.1. The molecule has 1 saturated heterocycles. The van der Waals surface area contributed by atoms with Crippen LogP contribution >= 0.6 is 0 Å². The number of piperazine rings is 1. The highest BCUT2D eigenvalue weighted by atomic mass is 19.1. The van der Waals surface area contributed by atoms with Crippen LogP contribution in [0, 0.1) is 5.82 Å². The molecule has 0 aromatic heterocycles. The summed E-state index contributed by atoms with van der Waals surface area (Å²) in [4.78, 5) is 15.8. The number of hydrogen-bond acceptors (Lipinski definition) is 3. The van der Waals surface area contributed by atoms with Crippen LogP contribution in [0.15, 0.2) is 24.3 Å². The Morgan fingerprint density at radius 2 is 1.78 bits per heavy atom. The van der Waals surface area contributed by atoms with Gasteiger partial charge in [0.05, 0.1) is 0 Å². The largest absolute Gasteiger partial charge is 0.378 e. The fraction of sp³-hybridized carbons (Fsp3) is 0.462. The Kier molecular flexibility index (Phi) is 3.93. The predicted molar refractivity (Wildman–Crippen MR) is 65.4 cm³/mol. The van der Waals surface area contributed by atoms with Gasteiger partial charge in [0, 0.05) is 26.2 Å². The van der Waals surface area contributed by atoms with Gasteiger partial charge in [-0.15, -0.1) is 0 Å². The molecule has 1 aliphatic heterocycles. The van der Waals surface area contributed by atoms with E-state index in [0.29, 0.717) is 18.7 Å². The zero-order valence-corrected chi connectivity index (χ0v) is 10.3. The van der Waals surface area contributed by atoms with Crippen molar-refractivity contribution < 1.29 is 14.3 Å². The van der Waals surface area contributed by atoms with E-state index in [0.717, 1.165) is 13.1 Å². The highest BCUT2D eigenvalue weighted by Gasteiger charge is 2.26. The van der Waals surface area contributed by atoms with E-state index in [1.165, 1.54) is 24.3 Å². The van der Waals surface area contributed by atoms with Gasteiger partial charge in [-0.25, -0.2) is 4.39 Å². The number of benzene rings is 1. The lowest BCUT2D eigenvalue weighted by molar-refractivity contribution is -0.142. The molecule has 1 amide bonds. The number of nitrogens with zero attached hydrogens (tertiary/aromatic N) is 2. The summed E-state index contributed by atoms with van der Waals surface area (Å²) < 4.78 is 12.8. The summed E-state index contributed by atoms with van der Waals surface area (Å²) in [5.74, 6) is -0.687. The van der Waals surface area contributed by atoms with Crippen molar-refractivity contribution in [3.05, 3.63) is 35.6 Å². The van der Waals surface area contributed by atoms with Crippen molar-refractivity contribution in [2.24, 2.45) is 0 Å². The summed E-state index contributed by atoms with van der Waals surface area (Å²) >= 11 is 0. The first-order valence-corrected chi connectivity index (χ1v) is 5.99. The Morgan fingerprint density at radius 1 is 1.22 bits per heavy atom. The van der Waals surface area contributed by atoms with Crippen LogP contribution in [0.2, 0.25) is 0 Å². The molecule has 1 aromatic carbocycles. The van der Waals surface area contributed by atoms with Gasteiger partial charge >= 0.3 is 0 Å². The Balaban J connectivity index is 2.02. The van der Waals surface area contributed by atoms with Gasteiger partial charge in [-0.2, -0.15) is 0 Å². The minimum absolute atomic E-state index is 0.310. The third kappa shape index (κ3) is 2.86. The van der Waals surface area contributed by atoms with E-state index in [9.17, 15) is 14.3 Å². The molecular formula is C13H17FN2O2. The lowest BCUT2D eigenvalue weighted by Gasteiger charge is -2.33. The van der Waals surface area contributed by atoms with Gasteiger partial charge < -0.3 is 14.9 Å². The molecule has 1 aliphatic rings. The molecule has 2 rings (SSSR count). The summed E-state index contributed by atoms with van der Waals surface area (Å²) in [6.45, 7) is 2.85. The van der Waals surface area contributed by atoms with Crippen LogP contribution < -0.4 is 0 Å². The van der Waals surface area contributed by atoms with Gasteiger partial charge in [0.1, 0.15) is 5.82 Å². The lowest BCUT2D eigenvalue weighted by Crippen LogP contribution is -2.48. The Bertz CT molecular complexity index is 414. The van der Waals surface area contributed by atoms with Crippen LogP contribution in [0.4, 0.5) is 4.39 Å². The van der Waals surface area contributed by atoms with Crippen molar-refractivity contribution in [3.8, 4) is 0 Å². The van der Waals surface area contributed by atoms with Crippen LogP contribution in [0.5, 0.6) is 0 Å². The van der Waals surface area contributed by atoms with Crippen LogP contribution in [0.25, 0.3) is 0 Å². The van der Waals surface area contributed by atoms with E-state index in [-0.39, 0.29) is 11.7 Å². The minimum atomic E-state index is -1.20. The number of carbonyl (C=O) groups excluding carboxylic acids is 1. The highest BCUT2D eigenvalue weighted by Crippen LogP contribution is 2.17. The van der Waals surface area contributed by atoms with Crippen molar-refractivity contribution in [1.82, 2.24) is 9.80 Å². The van der Waals surface area contributed by atoms with Crippen molar-refractivity contribution >= 4 is 5.91 Å². The summed E-state index contributed by atoms with van der Waals surface area (Å²) in [7, 11) is 2.00. The Morgan fingerprint density at radius 3 is 2.33 bits per heavy atom. The predicted octanol–water partition coefficient (Wildman–Crippen LogP) is 0.633. The number of aliphatic hydroxyl groups excluding tert-OH is 1. The second-order valence-electron chi connectivity index (χ2n) is 4.58. The second kappa shape index (κ2) is 5.46. The van der Waals surface area contributed by atoms with Gasteiger partial charge in [-0.05, 0) is 24.7 Å². The number of hydrogen-bond donors (Lipinski definition) is 1. The number of carbonyl (C=O) groups is 1. The molecule has 0 aliphatic carbocycles. The number of likely N-dealkylation sites (N-methyl/N-ethyl adjacent to an activating group) is 1. The van der Waals surface area contributed by atoms with Gasteiger partial charge in [-0.3, -0.25) is 4.79 Å². The van der Waals surface area contributed by atoms with Crippen LogP contribution in [0.1, 0.15) is 11.7 Å². The highest BCUT2D eigenvalue weighted by molar-refractivity contribution is 5.82. The van der Waals surface area contributed by atoms with E-state index in [4.69, 9.17) is 0 Å². The smallest absolute Gasteiger partial charge is 0.256 e. The third-order valence-electron chi connectivity index (χ3n) is 3.23. The fourth-order valence-corrected chi connectivity index (χ4v) is 1.99. The monoisotopic (exact) mass is 252 g/mol. The number of halogens is 1. The molecule has 1 atom stereocenters. The standard InChI is InChI=1S/C13H17FN2O2/c1-15-6-8-16(9-7-15)13(18)12(17)10-2-4-11(14)5-3-10/h2-5,12,17H,6-9H2,1H3. The molecule has 0 radical (unpaired) electrons. The molecule has 1 fully saturated rings. The first-order valence-electron chi connectivity index (χ1n) is 5.99. The molecule has 98 valence electrons. The van der Waals surface area contributed by atoms with Crippen molar-refractivity contribution in [1.29, 1.82) is 0 Å². The fourth-order valence-electron chi connectivity index (χ4n) is 1.99. The molecule has 1 unspecified atom stereocenters. The topological polar surface area (TPSA) is 43.8 Å². The maximum absolute atomic E-state index is 12.8. The molecule has 0 bridgehead atoms. The molecule has 1 aromatic rings. The average Bonchev–Trinajstić information content (AvgIpc) is 2.39. The molecule has 1 heterocycles. The van der Waals surface area contributed by atoms with E-state index < -0.39 is 6.10 Å². The van der Waals surface area contributed by atoms with Crippen molar-refractivity contribution in [2.75, 3.05) is 33.2 Å². The molecule has 5 heteroatoms. The summed E-state index contributed by atoms with van der Waals surface area (Å²) in [5, 5.41) is 9.97. The zero-order valence-electron chi connectivity index (χ0n) is 10.3. The van der Waals surface area contributed by atoms with E-state index in [2.05, 4.69) is 4.90 Å². The molecule has 1 N–H and O–H groups in total. The van der Waals surface area contributed by atoms with Crippen LogP contribution in [-0.2, 0) is 4.79 Å². The normalized spacial score (nSPS) is 18.7. The number of rotatable bonds is 2. The molecular weight excluding hydrogens is 235 g/mol. The Labute approximate surface area is 106 Å².